The minimum absolute atomic E-state index is 0.569. The molecule has 0 spiro atoms. The van der Waals surface area contributed by atoms with Crippen LogP contribution in [-0.2, 0) is 0 Å². The molecule has 1 nitrogen and oxygen atoms in total. The van der Waals surface area contributed by atoms with Crippen LogP contribution in [0.4, 0.5) is 0 Å². The first-order chi connectivity index (χ1) is 7.22. The van der Waals surface area contributed by atoms with E-state index in [2.05, 4.69) is 41.1 Å². The van der Waals surface area contributed by atoms with Crippen LogP contribution in [0.3, 0.4) is 0 Å². The van der Waals surface area contributed by atoms with Crippen LogP contribution in [0.5, 0.6) is 0 Å². The van der Waals surface area contributed by atoms with Crippen LogP contribution in [0.2, 0.25) is 0 Å². The van der Waals surface area contributed by atoms with Crippen LogP contribution < -0.4 is 5.73 Å². The predicted molar refractivity (Wildman–Crippen MR) is 68.2 cm³/mol. The quantitative estimate of drug-likeness (QED) is 0.883. The Morgan fingerprint density at radius 3 is 2.73 bits per heavy atom. The Labute approximate surface area is 100 Å². The number of halogens is 1. The highest BCUT2D eigenvalue weighted by Crippen LogP contribution is 2.43. The van der Waals surface area contributed by atoms with Gasteiger partial charge in [0, 0.05) is 4.47 Å². The van der Waals surface area contributed by atoms with Gasteiger partial charge in [0.1, 0.15) is 0 Å². The zero-order valence-electron chi connectivity index (χ0n) is 9.17. The Balaban J connectivity index is 2.16. The van der Waals surface area contributed by atoms with Gasteiger partial charge >= 0.3 is 0 Å². The summed E-state index contributed by atoms with van der Waals surface area (Å²) >= 11 is 3.68. The monoisotopic (exact) mass is 267 g/mol. The zero-order chi connectivity index (χ0) is 10.8. The summed E-state index contributed by atoms with van der Waals surface area (Å²) in [4.78, 5) is 0. The molecule has 0 amide bonds. The molecule has 2 N–H and O–H groups in total. The first-order valence-corrected chi connectivity index (χ1v) is 6.51. The molecule has 0 bridgehead atoms. The molecule has 15 heavy (non-hydrogen) atoms. The third kappa shape index (κ3) is 2.61. The standard InChI is InChI=1S/C13H18BrN/c1-9(6-7-15)11-4-5-12(10-2-3-10)13(14)8-11/h4-5,8-10H,2-3,6-7,15H2,1H3. The predicted octanol–water partition coefficient (Wildman–Crippen LogP) is 3.78. The average Bonchev–Trinajstić information content (AvgIpc) is 3.01. The van der Waals surface area contributed by atoms with Gasteiger partial charge in [0.25, 0.3) is 0 Å². The third-order valence-corrected chi connectivity index (χ3v) is 3.90. The van der Waals surface area contributed by atoms with E-state index in [9.17, 15) is 0 Å². The topological polar surface area (TPSA) is 26.0 Å². The second-order valence-electron chi connectivity index (χ2n) is 4.53. The second-order valence-corrected chi connectivity index (χ2v) is 5.39. The minimum atomic E-state index is 0.569. The van der Waals surface area contributed by atoms with Crippen molar-refractivity contribution in [3.63, 3.8) is 0 Å². The van der Waals surface area contributed by atoms with Gasteiger partial charge in [-0.2, -0.15) is 0 Å². The van der Waals surface area contributed by atoms with E-state index >= 15 is 0 Å². The van der Waals surface area contributed by atoms with Crippen LogP contribution in [0.1, 0.15) is 49.1 Å². The van der Waals surface area contributed by atoms with Gasteiger partial charge in [-0.05, 0) is 54.8 Å². The van der Waals surface area contributed by atoms with Crippen molar-refractivity contribution in [3.8, 4) is 0 Å². The largest absolute Gasteiger partial charge is 0.330 e. The third-order valence-electron chi connectivity index (χ3n) is 3.21. The molecule has 1 saturated carbocycles. The number of benzene rings is 1. The normalized spacial score (nSPS) is 17.8. The van der Waals surface area contributed by atoms with Gasteiger partial charge in [-0.1, -0.05) is 35.0 Å². The molecule has 1 fully saturated rings. The first kappa shape index (κ1) is 11.2. The highest BCUT2D eigenvalue weighted by Gasteiger charge is 2.25. The maximum Gasteiger partial charge on any atom is 0.0212 e. The number of hydrogen-bond donors (Lipinski definition) is 1. The number of nitrogens with two attached hydrogens (primary N) is 1. The van der Waals surface area contributed by atoms with Gasteiger partial charge in [-0.3, -0.25) is 0 Å². The lowest BCUT2D eigenvalue weighted by atomic mass is 9.96. The second kappa shape index (κ2) is 4.67. The molecular formula is C13H18BrN. The van der Waals surface area contributed by atoms with E-state index in [1.54, 1.807) is 0 Å². The molecule has 1 unspecified atom stereocenters. The van der Waals surface area contributed by atoms with Gasteiger partial charge in [-0.15, -0.1) is 0 Å². The number of hydrogen-bond acceptors (Lipinski definition) is 1. The van der Waals surface area contributed by atoms with Gasteiger partial charge < -0.3 is 5.73 Å². The van der Waals surface area contributed by atoms with E-state index in [1.807, 2.05) is 0 Å². The molecule has 1 atom stereocenters. The van der Waals surface area contributed by atoms with Crippen LogP contribution in [-0.4, -0.2) is 6.54 Å². The van der Waals surface area contributed by atoms with Crippen molar-refractivity contribution in [3.05, 3.63) is 33.8 Å². The summed E-state index contributed by atoms with van der Waals surface area (Å²) in [6, 6.07) is 6.82. The summed E-state index contributed by atoms with van der Waals surface area (Å²) in [6.07, 6.45) is 3.78. The van der Waals surface area contributed by atoms with E-state index in [0.717, 1.165) is 18.9 Å². The maximum atomic E-state index is 5.58. The SMILES string of the molecule is CC(CCN)c1ccc(C2CC2)c(Br)c1. The molecule has 1 aliphatic rings. The molecule has 1 aromatic rings. The van der Waals surface area contributed by atoms with Crippen molar-refractivity contribution in [2.75, 3.05) is 6.54 Å². The molecule has 82 valence electrons. The highest BCUT2D eigenvalue weighted by molar-refractivity contribution is 9.10. The molecule has 0 saturated heterocycles. The molecule has 2 rings (SSSR count). The van der Waals surface area contributed by atoms with Crippen molar-refractivity contribution in [2.24, 2.45) is 5.73 Å². The smallest absolute Gasteiger partial charge is 0.0212 e. The Morgan fingerprint density at radius 2 is 2.20 bits per heavy atom. The van der Waals surface area contributed by atoms with E-state index in [1.165, 1.54) is 28.4 Å². The molecule has 0 aliphatic heterocycles. The van der Waals surface area contributed by atoms with Crippen molar-refractivity contribution in [1.29, 1.82) is 0 Å². The van der Waals surface area contributed by atoms with Crippen LogP contribution in [0.25, 0.3) is 0 Å². The van der Waals surface area contributed by atoms with E-state index in [0.29, 0.717) is 5.92 Å². The Kier molecular flexibility index (Phi) is 3.47. The van der Waals surface area contributed by atoms with Gasteiger partial charge in [0.15, 0.2) is 0 Å². The van der Waals surface area contributed by atoms with Gasteiger partial charge in [0.05, 0.1) is 0 Å². The Morgan fingerprint density at radius 1 is 1.47 bits per heavy atom. The first-order valence-electron chi connectivity index (χ1n) is 5.71. The van der Waals surface area contributed by atoms with Crippen molar-refractivity contribution in [2.45, 2.75) is 38.0 Å². The lowest BCUT2D eigenvalue weighted by molar-refractivity contribution is 0.689. The summed E-state index contributed by atoms with van der Waals surface area (Å²) in [6.45, 7) is 3.01. The van der Waals surface area contributed by atoms with E-state index in [4.69, 9.17) is 5.73 Å². The fourth-order valence-electron chi connectivity index (χ4n) is 1.99. The summed E-state index contributed by atoms with van der Waals surface area (Å²) in [5, 5.41) is 0. The molecule has 0 heterocycles. The highest BCUT2D eigenvalue weighted by atomic mass is 79.9. The minimum Gasteiger partial charge on any atom is -0.330 e. The molecule has 0 radical (unpaired) electrons. The summed E-state index contributed by atoms with van der Waals surface area (Å²) in [5.41, 5.74) is 8.47. The molecule has 1 aliphatic carbocycles. The lowest BCUT2D eigenvalue weighted by Crippen LogP contribution is -2.04. The van der Waals surface area contributed by atoms with Gasteiger partial charge in [-0.25, -0.2) is 0 Å². The van der Waals surface area contributed by atoms with Crippen LogP contribution in [0, 0.1) is 0 Å². The van der Waals surface area contributed by atoms with E-state index in [-0.39, 0.29) is 0 Å². The molecule has 2 heteroatoms. The molecular weight excluding hydrogens is 250 g/mol. The summed E-state index contributed by atoms with van der Waals surface area (Å²) in [5.74, 6) is 1.39. The van der Waals surface area contributed by atoms with Crippen LogP contribution >= 0.6 is 15.9 Å². The number of rotatable bonds is 4. The van der Waals surface area contributed by atoms with Crippen molar-refractivity contribution >= 4 is 15.9 Å². The van der Waals surface area contributed by atoms with Crippen LogP contribution in [0.15, 0.2) is 22.7 Å². The van der Waals surface area contributed by atoms with Crippen molar-refractivity contribution < 1.29 is 0 Å². The maximum absolute atomic E-state index is 5.58. The summed E-state index contributed by atoms with van der Waals surface area (Å²) in [7, 11) is 0. The lowest BCUT2D eigenvalue weighted by Gasteiger charge is -2.12. The van der Waals surface area contributed by atoms with E-state index < -0.39 is 0 Å². The molecule has 0 aromatic heterocycles. The van der Waals surface area contributed by atoms with Crippen molar-refractivity contribution in [1.82, 2.24) is 0 Å². The average molecular weight is 268 g/mol. The fraction of sp³-hybridized carbons (Fsp3) is 0.538. The summed E-state index contributed by atoms with van der Waals surface area (Å²) < 4.78 is 1.28. The Bertz CT molecular complexity index is 344. The van der Waals surface area contributed by atoms with Gasteiger partial charge in [0.2, 0.25) is 0 Å². The fourth-order valence-corrected chi connectivity index (χ4v) is 2.71. The Hall–Kier alpha value is -0.340. The zero-order valence-corrected chi connectivity index (χ0v) is 10.8. The molecule has 1 aromatic carbocycles.